The summed E-state index contributed by atoms with van der Waals surface area (Å²) in [5.74, 6) is 1.13. The average Bonchev–Trinajstić information content (AvgIpc) is 2.49. The maximum absolute atomic E-state index is 4.90. The number of fused-ring (bicyclic) bond motifs is 1. The Labute approximate surface area is 122 Å². The minimum absolute atomic E-state index is 0.879. The van der Waals surface area contributed by atoms with Crippen molar-refractivity contribution in [2.75, 3.05) is 24.5 Å². The monoisotopic (exact) mass is 271 g/mol. The molecular weight excluding hydrogens is 246 g/mol. The predicted molar refractivity (Wildman–Crippen MR) is 87.3 cm³/mol. The van der Waals surface area contributed by atoms with Gasteiger partial charge in [0, 0.05) is 30.6 Å². The molecule has 3 heteroatoms. The summed E-state index contributed by atoms with van der Waals surface area (Å²) in [7, 11) is 0. The van der Waals surface area contributed by atoms with E-state index in [1.54, 1.807) is 0 Å². The van der Waals surface area contributed by atoms with Gasteiger partial charge in [-0.15, -0.1) is 0 Å². The van der Waals surface area contributed by atoms with Crippen molar-refractivity contribution in [1.82, 2.24) is 10.3 Å². The molecule has 20 heavy (non-hydrogen) atoms. The zero-order valence-corrected chi connectivity index (χ0v) is 12.8. The summed E-state index contributed by atoms with van der Waals surface area (Å²) in [4.78, 5) is 7.28. The van der Waals surface area contributed by atoms with E-state index in [2.05, 4.69) is 61.3 Å². The Kier molecular flexibility index (Phi) is 5.36. The van der Waals surface area contributed by atoms with Gasteiger partial charge >= 0.3 is 0 Å². The Bertz CT molecular complexity index is 551. The van der Waals surface area contributed by atoms with Gasteiger partial charge in [-0.2, -0.15) is 0 Å². The SMILES string of the molecule is CCCN(CC)c1nc2ccccc2cc1CNCC. The highest BCUT2D eigenvalue weighted by Gasteiger charge is 2.12. The number of pyridine rings is 1. The largest absolute Gasteiger partial charge is 0.357 e. The number of nitrogens with one attached hydrogen (secondary N) is 1. The summed E-state index contributed by atoms with van der Waals surface area (Å²) in [6, 6.07) is 10.6. The van der Waals surface area contributed by atoms with Gasteiger partial charge in [0.25, 0.3) is 0 Å². The lowest BCUT2D eigenvalue weighted by molar-refractivity contribution is 0.712. The van der Waals surface area contributed by atoms with E-state index in [0.29, 0.717) is 0 Å². The molecule has 0 radical (unpaired) electrons. The third-order valence-corrected chi connectivity index (χ3v) is 3.52. The zero-order valence-electron chi connectivity index (χ0n) is 12.8. The average molecular weight is 271 g/mol. The number of anilines is 1. The van der Waals surface area contributed by atoms with Crippen molar-refractivity contribution in [3.63, 3.8) is 0 Å². The second-order valence-corrected chi connectivity index (χ2v) is 5.02. The van der Waals surface area contributed by atoms with E-state index in [4.69, 9.17) is 4.98 Å². The molecule has 2 rings (SSSR count). The van der Waals surface area contributed by atoms with Crippen LogP contribution in [0.5, 0.6) is 0 Å². The third kappa shape index (κ3) is 3.28. The first-order valence-corrected chi connectivity index (χ1v) is 7.64. The van der Waals surface area contributed by atoms with Crippen molar-refractivity contribution in [2.24, 2.45) is 0 Å². The number of hydrogen-bond acceptors (Lipinski definition) is 3. The molecule has 1 aromatic carbocycles. The molecule has 0 unspecified atom stereocenters. The topological polar surface area (TPSA) is 28.2 Å². The molecular formula is C17H25N3. The maximum Gasteiger partial charge on any atom is 0.133 e. The van der Waals surface area contributed by atoms with Gasteiger partial charge in [-0.3, -0.25) is 0 Å². The van der Waals surface area contributed by atoms with Crippen molar-refractivity contribution >= 4 is 16.7 Å². The van der Waals surface area contributed by atoms with Crippen molar-refractivity contribution in [3.05, 3.63) is 35.9 Å². The van der Waals surface area contributed by atoms with Crippen LogP contribution >= 0.6 is 0 Å². The molecule has 1 aromatic heterocycles. The Morgan fingerprint density at radius 3 is 2.65 bits per heavy atom. The number of rotatable bonds is 7. The lowest BCUT2D eigenvalue weighted by Gasteiger charge is -2.24. The fraction of sp³-hybridized carbons (Fsp3) is 0.471. The van der Waals surface area contributed by atoms with E-state index in [1.807, 2.05) is 0 Å². The van der Waals surface area contributed by atoms with Gasteiger partial charge in [0.15, 0.2) is 0 Å². The Morgan fingerprint density at radius 2 is 1.95 bits per heavy atom. The van der Waals surface area contributed by atoms with Crippen LogP contribution in [0, 0.1) is 0 Å². The minimum Gasteiger partial charge on any atom is -0.357 e. The summed E-state index contributed by atoms with van der Waals surface area (Å²) in [6.45, 7) is 10.5. The zero-order chi connectivity index (χ0) is 14.4. The number of hydrogen-bond donors (Lipinski definition) is 1. The molecule has 0 fully saturated rings. The van der Waals surface area contributed by atoms with Gasteiger partial charge in [0.1, 0.15) is 5.82 Å². The highest BCUT2D eigenvalue weighted by Crippen LogP contribution is 2.23. The van der Waals surface area contributed by atoms with Crippen LogP contribution in [-0.2, 0) is 6.54 Å². The summed E-state index contributed by atoms with van der Waals surface area (Å²) < 4.78 is 0. The van der Waals surface area contributed by atoms with Crippen molar-refractivity contribution in [1.29, 1.82) is 0 Å². The molecule has 0 saturated heterocycles. The molecule has 0 aliphatic carbocycles. The molecule has 1 N–H and O–H groups in total. The van der Waals surface area contributed by atoms with E-state index in [0.717, 1.165) is 43.9 Å². The van der Waals surface area contributed by atoms with Gasteiger partial charge in [0.05, 0.1) is 5.52 Å². The standard InChI is InChI=1S/C17H25N3/c1-4-11-20(6-3)17-15(13-18-5-2)12-14-9-7-8-10-16(14)19-17/h7-10,12,18H,4-6,11,13H2,1-3H3. The molecule has 0 amide bonds. The molecule has 0 bridgehead atoms. The molecule has 1 heterocycles. The fourth-order valence-electron chi connectivity index (χ4n) is 2.50. The molecule has 0 atom stereocenters. The van der Waals surface area contributed by atoms with Crippen LogP contribution in [0.3, 0.4) is 0 Å². The Morgan fingerprint density at radius 1 is 1.15 bits per heavy atom. The fourth-order valence-corrected chi connectivity index (χ4v) is 2.50. The number of benzene rings is 1. The second kappa shape index (κ2) is 7.25. The van der Waals surface area contributed by atoms with Crippen LogP contribution in [0.1, 0.15) is 32.8 Å². The maximum atomic E-state index is 4.90. The predicted octanol–water partition coefficient (Wildman–Crippen LogP) is 3.58. The molecule has 0 saturated carbocycles. The Balaban J connectivity index is 2.46. The van der Waals surface area contributed by atoms with Gasteiger partial charge in [-0.25, -0.2) is 4.98 Å². The minimum atomic E-state index is 0.879. The highest BCUT2D eigenvalue weighted by atomic mass is 15.2. The van der Waals surface area contributed by atoms with Crippen molar-refractivity contribution in [3.8, 4) is 0 Å². The summed E-state index contributed by atoms with van der Waals surface area (Å²) in [5.41, 5.74) is 2.37. The quantitative estimate of drug-likeness (QED) is 0.834. The second-order valence-electron chi connectivity index (χ2n) is 5.02. The van der Waals surface area contributed by atoms with Crippen LogP contribution in [0.25, 0.3) is 10.9 Å². The van der Waals surface area contributed by atoms with Crippen LogP contribution in [0.4, 0.5) is 5.82 Å². The highest BCUT2D eigenvalue weighted by molar-refractivity contribution is 5.81. The first-order valence-electron chi connectivity index (χ1n) is 7.64. The van der Waals surface area contributed by atoms with E-state index in [1.165, 1.54) is 10.9 Å². The van der Waals surface area contributed by atoms with Gasteiger partial charge in [-0.05, 0) is 32.0 Å². The number of para-hydroxylation sites is 1. The third-order valence-electron chi connectivity index (χ3n) is 3.52. The van der Waals surface area contributed by atoms with E-state index < -0.39 is 0 Å². The van der Waals surface area contributed by atoms with Crippen LogP contribution < -0.4 is 10.2 Å². The van der Waals surface area contributed by atoms with E-state index in [-0.39, 0.29) is 0 Å². The normalized spacial score (nSPS) is 10.9. The van der Waals surface area contributed by atoms with E-state index >= 15 is 0 Å². The van der Waals surface area contributed by atoms with Crippen LogP contribution in [-0.4, -0.2) is 24.6 Å². The van der Waals surface area contributed by atoms with E-state index in [9.17, 15) is 0 Å². The van der Waals surface area contributed by atoms with Crippen molar-refractivity contribution in [2.45, 2.75) is 33.7 Å². The molecule has 0 aliphatic heterocycles. The molecule has 0 aliphatic rings. The number of aromatic nitrogens is 1. The molecule has 2 aromatic rings. The number of nitrogens with zero attached hydrogens (tertiary/aromatic N) is 2. The smallest absolute Gasteiger partial charge is 0.133 e. The summed E-state index contributed by atoms with van der Waals surface area (Å²) >= 11 is 0. The van der Waals surface area contributed by atoms with Gasteiger partial charge < -0.3 is 10.2 Å². The van der Waals surface area contributed by atoms with Crippen molar-refractivity contribution < 1.29 is 0 Å². The first-order chi connectivity index (χ1) is 9.80. The van der Waals surface area contributed by atoms with Crippen LogP contribution in [0.2, 0.25) is 0 Å². The van der Waals surface area contributed by atoms with Gasteiger partial charge in [-0.1, -0.05) is 32.0 Å². The Hall–Kier alpha value is -1.61. The molecule has 3 nitrogen and oxygen atoms in total. The van der Waals surface area contributed by atoms with Gasteiger partial charge in [0.2, 0.25) is 0 Å². The molecule has 108 valence electrons. The summed E-state index contributed by atoms with van der Waals surface area (Å²) in [5, 5.41) is 4.64. The lowest BCUT2D eigenvalue weighted by atomic mass is 10.1. The summed E-state index contributed by atoms with van der Waals surface area (Å²) in [6.07, 6.45) is 1.14. The lowest BCUT2D eigenvalue weighted by Crippen LogP contribution is -2.27. The first kappa shape index (κ1) is 14.8. The van der Waals surface area contributed by atoms with Crippen LogP contribution in [0.15, 0.2) is 30.3 Å². The molecule has 0 spiro atoms.